The van der Waals surface area contributed by atoms with E-state index in [1.165, 1.54) is 0 Å². The number of carbonyl (C=O) groups is 2. The van der Waals surface area contributed by atoms with Crippen molar-refractivity contribution in [2.45, 2.75) is 13.8 Å². The quantitative estimate of drug-likeness (QED) is 0.380. The van der Waals surface area contributed by atoms with Crippen molar-refractivity contribution in [3.05, 3.63) is 56.5 Å². The van der Waals surface area contributed by atoms with Crippen LogP contribution in [0.4, 0.5) is 0 Å². The van der Waals surface area contributed by atoms with Crippen LogP contribution in [0.15, 0.2) is 45.3 Å². The van der Waals surface area contributed by atoms with Crippen LogP contribution in [-0.2, 0) is 4.79 Å². The lowest BCUT2D eigenvalue weighted by atomic mass is 10.2. The Morgan fingerprint density at radius 1 is 1.03 bits per heavy atom. The number of amides is 2. The van der Waals surface area contributed by atoms with Crippen LogP contribution in [0.25, 0.3) is 0 Å². The number of halogens is 2. The van der Waals surface area contributed by atoms with Crippen molar-refractivity contribution in [3.63, 3.8) is 0 Å². The van der Waals surface area contributed by atoms with E-state index in [4.69, 9.17) is 21.7 Å². The molecule has 7 nitrogen and oxygen atoms in total. The molecule has 0 radical (unpaired) electrons. The number of benzene rings is 2. The number of ether oxygens (including phenoxy) is 2. The monoisotopic (exact) mass is 543 g/mol. The van der Waals surface area contributed by atoms with Crippen molar-refractivity contribution in [1.29, 1.82) is 0 Å². The predicted molar refractivity (Wildman–Crippen MR) is 121 cm³/mol. The Balaban J connectivity index is 1.79. The fourth-order valence-corrected chi connectivity index (χ4v) is 3.31. The normalized spacial score (nSPS) is 10.1. The predicted octanol–water partition coefficient (Wildman–Crippen LogP) is 3.63. The minimum Gasteiger partial charge on any atom is -0.493 e. The molecule has 0 atom stereocenters. The highest BCUT2D eigenvalue weighted by molar-refractivity contribution is 9.10. The first-order valence-electron chi connectivity index (χ1n) is 8.51. The van der Waals surface area contributed by atoms with Gasteiger partial charge in [-0.25, -0.2) is 0 Å². The summed E-state index contributed by atoms with van der Waals surface area (Å²) in [5.41, 5.74) is 6.11. The second-order valence-electron chi connectivity index (χ2n) is 5.73. The number of nitrogens with one attached hydrogen (secondary N) is 3. The van der Waals surface area contributed by atoms with Gasteiger partial charge in [-0.3, -0.25) is 25.8 Å². The molecule has 29 heavy (non-hydrogen) atoms. The number of thiocarbonyl (C=S) groups is 1. The second kappa shape index (κ2) is 11.1. The average Bonchev–Trinajstić information content (AvgIpc) is 2.67. The summed E-state index contributed by atoms with van der Waals surface area (Å²) in [7, 11) is 0. The van der Waals surface area contributed by atoms with E-state index in [2.05, 4.69) is 48.0 Å². The van der Waals surface area contributed by atoms with Crippen LogP contribution < -0.4 is 25.6 Å². The smallest absolute Gasteiger partial charge is 0.276 e. The molecular formula is C19H19Br2N3O4S. The number of aryl methyl sites for hydroxylation is 1. The Morgan fingerprint density at radius 3 is 2.41 bits per heavy atom. The summed E-state index contributed by atoms with van der Waals surface area (Å²) in [4.78, 5) is 24.2. The molecule has 0 saturated carbocycles. The van der Waals surface area contributed by atoms with E-state index in [1.807, 2.05) is 26.0 Å². The number of hydrogen-bond donors (Lipinski definition) is 3. The molecule has 0 aromatic heterocycles. The number of hydrazine groups is 1. The highest BCUT2D eigenvalue weighted by Crippen LogP contribution is 2.26. The van der Waals surface area contributed by atoms with Crippen molar-refractivity contribution in [2.24, 2.45) is 0 Å². The van der Waals surface area contributed by atoms with Crippen LogP contribution >= 0.6 is 44.1 Å². The van der Waals surface area contributed by atoms with Gasteiger partial charge in [-0.1, -0.05) is 15.9 Å². The number of carbonyl (C=O) groups excluding carboxylic acids is 2. The minimum atomic E-state index is -0.451. The van der Waals surface area contributed by atoms with Crippen molar-refractivity contribution >= 4 is 61.0 Å². The van der Waals surface area contributed by atoms with Gasteiger partial charge in [0.2, 0.25) is 0 Å². The van der Waals surface area contributed by atoms with Crippen LogP contribution in [0.5, 0.6) is 11.5 Å². The van der Waals surface area contributed by atoms with Crippen LogP contribution in [0, 0.1) is 6.92 Å². The largest absolute Gasteiger partial charge is 0.493 e. The summed E-state index contributed by atoms with van der Waals surface area (Å²) in [5, 5.41) is 2.43. The Kier molecular flexibility index (Phi) is 8.87. The molecule has 2 aromatic carbocycles. The Bertz CT molecular complexity index is 924. The molecular weight excluding hydrogens is 526 g/mol. The Labute approximate surface area is 190 Å². The van der Waals surface area contributed by atoms with E-state index in [0.29, 0.717) is 28.1 Å². The van der Waals surface area contributed by atoms with Gasteiger partial charge in [0, 0.05) is 10.0 Å². The molecule has 2 aromatic rings. The summed E-state index contributed by atoms with van der Waals surface area (Å²) in [6, 6.07) is 10.4. The molecule has 0 bridgehead atoms. The molecule has 10 heteroatoms. The van der Waals surface area contributed by atoms with Crippen molar-refractivity contribution in [1.82, 2.24) is 16.2 Å². The first-order valence-corrected chi connectivity index (χ1v) is 10.5. The SMILES string of the molecule is CCOc1ccc(C(=O)NC(=S)NNC(=O)COc2ccc(Br)cc2C)cc1Br. The van der Waals surface area contributed by atoms with Gasteiger partial charge in [0.05, 0.1) is 11.1 Å². The second-order valence-corrected chi connectivity index (χ2v) is 7.91. The lowest BCUT2D eigenvalue weighted by molar-refractivity contribution is -0.123. The highest BCUT2D eigenvalue weighted by Gasteiger charge is 2.12. The standard InChI is InChI=1S/C19H19Br2N3O4S/c1-3-27-16-6-4-12(9-14(16)21)18(26)22-19(29)24-23-17(25)10-28-15-7-5-13(20)8-11(15)2/h4-9H,3,10H2,1-2H3,(H,23,25)(H2,22,24,26,29). The molecule has 0 unspecified atom stereocenters. The number of hydrogen-bond acceptors (Lipinski definition) is 5. The zero-order valence-corrected chi connectivity index (χ0v) is 19.7. The maximum Gasteiger partial charge on any atom is 0.276 e. The molecule has 3 N–H and O–H groups in total. The summed E-state index contributed by atoms with van der Waals surface area (Å²) >= 11 is 11.7. The third-order valence-electron chi connectivity index (χ3n) is 3.53. The van der Waals surface area contributed by atoms with E-state index in [9.17, 15) is 9.59 Å². The number of rotatable bonds is 6. The van der Waals surface area contributed by atoms with Crippen molar-refractivity contribution < 1.29 is 19.1 Å². The molecule has 0 heterocycles. The fraction of sp³-hybridized carbons (Fsp3) is 0.211. The van der Waals surface area contributed by atoms with E-state index < -0.39 is 11.8 Å². The lowest BCUT2D eigenvalue weighted by Gasteiger charge is -2.13. The molecule has 0 aliphatic carbocycles. The highest BCUT2D eigenvalue weighted by atomic mass is 79.9. The van der Waals surface area contributed by atoms with Gasteiger partial charge in [0.1, 0.15) is 11.5 Å². The lowest BCUT2D eigenvalue weighted by Crippen LogP contribution is -2.49. The third-order valence-corrected chi connectivity index (χ3v) is 4.85. The molecule has 0 fully saturated rings. The van der Waals surface area contributed by atoms with Gasteiger partial charge in [-0.05, 0) is 84.0 Å². The first kappa shape index (κ1) is 23.1. The molecule has 154 valence electrons. The third kappa shape index (κ3) is 7.30. The van der Waals surface area contributed by atoms with Gasteiger partial charge in [-0.2, -0.15) is 0 Å². The topological polar surface area (TPSA) is 88.7 Å². The van der Waals surface area contributed by atoms with Gasteiger partial charge >= 0.3 is 0 Å². The summed E-state index contributed by atoms with van der Waals surface area (Å²) in [6.45, 7) is 4.05. The van der Waals surface area contributed by atoms with Crippen LogP contribution in [0.1, 0.15) is 22.8 Å². The van der Waals surface area contributed by atoms with Crippen LogP contribution in [0.2, 0.25) is 0 Å². The van der Waals surface area contributed by atoms with Crippen LogP contribution in [0.3, 0.4) is 0 Å². The Hall–Kier alpha value is -2.17. The van der Waals surface area contributed by atoms with Gasteiger partial charge < -0.3 is 9.47 Å². The molecule has 0 aliphatic rings. The van der Waals surface area contributed by atoms with Gasteiger partial charge in [0.25, 0.3) is 11.8 Å². The molecule has 0 aliphatic heterocycles. The maximum absolute atomic E-state index is 12.3. The molecule has 0 saturated heterocycles. The Morgan fingerprint density at radius 2 is 1.76 bits per heavy atom. The van der Waals surface area contributed by atoms with E-state index in [1.54, 1.807) is 24.3 Å². The van der Waals surface area contributed by atoms with Crippen LogP contribution in [-0.4, -0.2) is 30.1 Å². The molecule has 0 spiro atoms. The first-order chi connectivity index (χ1) is 13.8. The molecule has 2 amide bonds. The van der Waals surface area contributed by atoms with Gasteiger partial charge in [-0.15, -0.1) is 0 Å². The summed E-state index contributed by atoms with van der Waals surface area (Å²) in [6.07, 6.45) is 0. The van der Waals surface area contributed by atoms with E-state index in [0.717, 1.165) is 10.0 Å². The average molecular weight is 545 g/mol. The zero-order valence-electron chi connectivity index (χ0n) is 15.7. The molecule has 2 rings (SSSR count). The van der Waals surface area contributed by atoms with E-state index >= 15 is 0 Å². The van der Waals surface area contributed by atoms with Crippen molar-refractivity contribution in [2.75, 3.05) is 13.2 Å². The van der Waals surface area contributed by atoms with E-state index in [-0.39, 0.29) is 11.7 Å². The minimum absolute atomic E-state index is 0.0480. The zero-order chi connectivity index (χ0) is 21.4. The summed E-state index contributed by atoms with van der Waals surface area (Å²) < 4.78 is 12.4. The fourth-order valence-electron chi connectivity index (χ4n) is 2.20. The van der Waals surface area contributed by atoms with Gasteiger partial charge in [0.15, 0.2) is 11.7 Å². The maximum atomic E-state index is 12.3. The van der Waals surface area contributed by atoms with Crippen molar-refractivity contribution in [3.8, 4) is 11.5 Å². The summed E-state index contributed by atoms with van der Waals surface area (Å²) in [5.74, 6) is 0.355.